The molecular weight excluding hydrogens is 362 g/mol. The summed E-state index contributed by atoms with van der Waals surface area (Å²) in [6, 6.07) is 3.87. The molecule has 0 atom stereocenters. The van der Waals surface area contributed by atoms with Crippen LogP contribution in [0.3, 0.4) is 0 Å². The van der Waals surface area contributed by atoms with Crippen molar-refractivity contribution in [3.63, 3.8) is 0 Å². The lowest BCUT2D eigenvalue weighted by molar-refractivity contribution is 0.308. The second-order valence-electron chi connectivity index (χ2n) is 6.75. The average Bonchev–Trinajstić information content (AvgIpc) is 3.34. The van der Waals surface area contributed by atoms with Gasteiger partial charge in [0.05, 0.1) is 5.75 Å². The molecular formula is C16H20ClN5O2S. The molecule has 3 heterocycles. The Bertz CT molecular complexity index is 840. The topological polar surface area (TPSA) is 81.0 Å². The minimum Gasteiger partial charge on any atom is -0.314 e. The van der Waals surface area contributed by atoms with Crippen LogP contribution in [0.2, 0.25) is 5.15 Å². The van der Waals surface area contributed by atoms with Gasteiger partial charge < -0.3 is 4.57 Å². The first-order valence-electron chi connectivity index (χ1n) is 8.50. The maximum absolute atomic E-state index is 12.7. The second kappa shape index (κ2) is 6.66. The van der Waals surface area contributed by atoms with E-state index in [1.165, 1.54) is 19.0 Å². The molecule has 1 aliphatic carbocycles. The van der Waals surface area contributed by atoms with Crippen LogP contribution in [0.5, 0.6) is 0 Å². The second-order valence-corrected chi connectivity index (χ2v) is 9.10. The van der Waals surface area contributed by atoms with Crippen molar-refractivity contribution in [3.8, 4) is 0 Å². The Morgan fingerprint density at radius 1 is 1.16 bits per heavy atom. The minimum atomic E-state index is -3.35. The molecule has 1 saturated heterocycles. The normalized spacial score (nSPS) is 20.0. The van der Waals surface area contributed by atoms with Gasteiger partial charge in [-0.15, -0.1) is 10.2 Å². The minimum absolute atomic E-state index is 0.0416. The van der Waals surface area contributed by atoms with Crippen molar-refractivity contribution < 1.29 is 8.42 Å². The summed E-state index contributed by atoms with van der Waals surface area (Å²) in [5.74, 6) is 1.26. The molecule has 0 bridgehead atoms. The predicted octanol–water partition coefficient (Wildman–Crippen LogP) is 2.37. The zero-order valence-electron chi connectivity index (χ0n) is 13.8. The van der Waals surface area contributed by atoms with E-state index in [1.54, 1.807) is 16.4 Å². The smallest absolute Gasteiger partial charge is 0.218 e. The molecule has 25 heavy (non-hydrogen) atoms. The molecule has 4 rings (SSSR count). The van der Waals surface area contributed by atoms with E-state index in [0.717, 1.165) is 18.7 Å². The third-order valence-electron chi connectivity index (χ3n) is 4.89. The molecule has 0 N–H and O–H groups in total. The molecule has 0 unspecified atom stereocenters. The van der Waals surface area contributed by atoms with E-state index >= 15 is 0 Å². The van der Waals surface area contributed by atoms with Crippen LogP contribution >= 0.6 is 11.6 Å². The molecule has 2 aliphatic rings. The number of hydrogen-bond donors (Lipinski definition) is 0. The average molecular weight is 382 g/mol. The van der Waals surface area contributed by atoms with Gasteiger partial charge in [0.2, 0.25) is 10.0 Å². The van der Waals surface area contributed by atoms with E-state index in [9.17, 15) is 8.42 Å². The Kier molecular flexibility index (Phi) is 4.51. The fourth-order valence-corrected chi connectivity index (χ4v) is 5.02. The van der Waals surface area contributed by atoms with Gasteiger partial charge in [0.1, 0.15) is 17.3 Å². The molecule has 2 aromatic rings. The number of nitrogens with zero attached hydrogens (tertiary/aromatic N) is 5. The van der Waals surface area contributed by atoms with Gasteiger partial charge in [0, 0.05) is 31.2 Å². The number of halogens is 1. The van der Waals surface area contributed by atoms with Gasteiger partial charge in [0.25, 0.3) is 0 Å². The van der Waals surface area contributed by atoms with Crippen molar-refractivity contribution in [3.05, 3.63) is 41.2 Å². The Morgan fingerprint density at radius 3 is 2.56 bits per heavy atom. The largest absolute Gasteiger partial charge is 0.314 e. The van der Waals surface area contributed by atoms with Gasteiger partial charge in [-0.25, -0.2) is 17.7 Å². The zero-order valence-corrected chi connectivity index (χ0v) is 15.3. The first-order chi connectivity index (χ1) is 12.0. The summed E-state index contributed by atoms with van der Waals surface area (Å²) in [4.78, 5) is 3.95. The van der Waals surface area contributed by atoms with Crippen LogP contribution in [0.1, 0.15) is 49.0 Å². The van der Waals surface area contributed by atoms with E-state index in [0.29, 0.717) is 29.8 Å². The SMILES string of the molecule is O=S(=O)(Cc1ccc(Cl)nc1)N1CCC(c2nncn2C2CC2)CC1. The monoisotopic (exact) mass is 381 g/mol. The highest BCUT2D eigenvalue weighted by Gasteiger charge is 2.33. The number of sulfonamides is 1. The van der Waals surface area contributed by atoms with Crippen LogP contribution < -0.4 is 0 Å². The van der Waals surface area contributed by atoms with Crippen molar-refractivity contribution in [1.29, 1.82) is 0 Å². The molecule has 134 valence electrons. The number of pyridine rings is 1. The van der Waals surface area contributed by atoms with Crippen molar-refractivity contribution in [2.24, 2.45) is 0 Å². The fourth-order valence-electron chi connectivity index (χ4n) is 3.36. The van der Waals surface area contributed by atoms with Crippen LogP contribution in [0.4, 0.5) is 0 Å². The predicted molar refractivity (Wildman–Crippen MR) is 93.7 cm³/mol. The summed E-state index contributed by atoms with van der Waals surface area (Å²) in [6.07, 6.45) is 7.27. The maximum atomic E-state index is 12.7. The van der Waals surface area contributed by atoms with Crippen LogP contribution in [-0.4, -0.2) is 45.6 Å². The Morgan fingerprint density at radius 2 is 1.92 bits per heavy atom. The van der Waals surface area contributed by atoms with Crippen molar-refractivity contribution in [2.45, 2.75) is 43.4 Å². The molecule has 9 heteroatoms. The zero-order chi connectivity index (χ0) is 17.4. The summed E-state index contributed by atoms with van der Waals surface area (Å²) in [7, 11) is -3.35. The Hall–Kier alpha value is -1.51. The molecule has 0 spiro atoms. The molecule has 1 saturated carbocycles. The van der Waals surface area contributed by atoms with E-state index < -0.39 is 10.0 Å². The molecule has 2 fully saturated rings. The van der Waals surface area contributed by atoms with Crippen LogP contribution in [-0.2, 0) is 15.8 Å². The lowest BCUT2D eigenvalue weighted by Gasteiger charge is -2.30. The van der Waals surface area contributed by atoms with Crippen molar-refractivity contribution in [2.75, 3.05) is 13.1 Å². The van der Waals surface area contributed by atoms with Gasteiger partial charge in [-0.3, -0.25) is 0 Å². The first-order valence-corrected chi connectivity index (χ1v) is 10.5. The summed E-state index contributed by atoms with van der Waals surface area (Å²) in [5.41, 5.74) is 0.653. The number of rotatable bonds is 5. The van der Waals surface area contributed by atoms with Crippen LogP contribution in [0.25, 0.3) is 0 Å². The standard InChI is InChI=1S/C16H20ClN5O2S/c17-15-4-1-12(9-18-15)10-25(23,24)21-7-5-13(6-8-21)16-20-19-11-22(16)14-2-3-14/h1,4,9,11,13-14H,2-3,5-8,10H2. The number of piperidine rings is 1. The van der Waals surface area contributed by atoms with E-state index in [1.807, 2.05) is 6.33 Å². The van der Waals surface area contributed by atoms with Gasteiger partial charge >= 0.3 is 0 Å². The highest BCUT2D eigenvalue weighted by molar-refractivity contribution is 7.88. The number of hydrogen-bond acceptors (Lipinski definition) is 5. The molecule has 0 radical (unpaired) electrons. The highest BCUT2D eigenvalue weighted by atomic mass is 35.5. The van der Waals surface area contributed by atoms with E-state index in [-0.39, 0.29) is 11.7 Å². The third kappa shape index (κ3) is 3.70. The van der Waals surface area contributed by atoms with Crippen molar-refractivity contribution in [1.82, 2.24) is 24.1 Å². The van der Waals surface area contributed by atoms with Gasteiger partial charge in [-0.1, -0.05) is 17.7 Å². The van der Waals surface area contributed by atoms with Crippen molar-refractivity contribution >= 4 is 21.6 Å². The molecule has 7 nitrogen and oxygen atoms in total. The Balaban J connectivity index is 1.40. The lowest BCUT2D eigenvalue weighted by atomic mass is 9.97. The van der Waals surface area contributed by atoms with E-state index in [4.69, 9.17) is 11.6 Å². The number of aromatic nitrogens is 4. The molecule has 0 amide bonds. The Labute approximate surface area is 152 Å². The molecule has 2 aromatic heterocycles. The quantitative estimate of drug-likeness (QED) is 0.742. The maximum Gasteiger partial charge on any atom is 0.218 e. The summed E-state index contributed by atoms with van der Waals surface area (Å²) in [6.45, 7) is 1.04. The summed E-state index contributed by atoms with van der Waals surface area (Å²) in [5, 5.41) is 8.70. The highest BCUT2D eigenvalue weighted by Crippen LogP contribution is 2.38. The third-order valence-corrected chi connectivity index (χ3v) is 6.96. The summed E-state index contributed by atoms with van der Waals surface area (Å²) >= 11 is 5.75. The van der Waals surface area contributed by atoms with Gasteiger partial charge in [-0.2, -0.15) is 0 Å². The first kappa shape index (κ1) is 16.9. The molecule has 0 aromatic carbocycles. The van der Waals surface area contributed by atoms with Gasteiger partial charge in [-0.05, 0) is 37.3 Å². The molecule has 1 aliphatic heterocycles. The fraction of sp³-hybridized carbons (Fsp3) is 0.562. The van der Waals surface area contributed by atoms with Crippen LogP contribution in [0, 0.1) is 0 Å². The lowest BCUT2D eigenvalue weighted by Crippen LogP contribution is -2.39. The van der Waals surface area contributed by atoms with Gasteiger partial charge in [0.15, 0.2) is 0 Å². The van der Waals surface area contributed by atoms with Crippen LogP contribution in [0.15, 0.2) is 24.7 Å². The summed E-state index contributed by atoms with van der Waals surface area (Å²) < 4.78 is 29.1. The van der Waals surface area contributed by atoms with E-state index in [2.05, 4.69) is 19.7 Å².